The highest BCUT2D eigenvalue weighted by atomic mass is 35.5. The van der Waals surface area contributed by atoms with Crippen LogP contribution in [0.25, 0.3) is 0 Å². The molecule has 5 nitrogen and oxygen atoms in total. The molecule has 0 saturated carbocycles. The first kappa shape index (κ1) is 17.0. The van der Waals surface area contributed by atoms with Gasteiger partial charge in [0.05, 0.1) is 0 Å². The van der Waals surface area contributed by atoms with Crippen molar-refractivity contribution in [3.8, 4) is 0 Å². The number of aromatic nitrogens is 2. The van der Waals surface area contributed by atoms with E-state index in [-0.39, 0.29) is 23.9 Å². The Bertz CT molecular complexity index is 446. The number of H-pyrrole nitrogens is 1. The minimum atomic E-state index is -0.106. The van der Waals surface area contributed by atoms with Crippen LogP contribution in [0.4, 0.5) is 0 Å². The molecule has 0 radical (unpaired) electrons. The zero-order valence-electron chi connectivity index (χ0n) is 12.5. The van der Waals surface area contributed by atoms with Crippen molar-refractivity contribution in [1.82, 2.24) is 20.8 Å². The minimum Gasteiger partial charge on any atom is -0.345 e. The third-order valence-corrected chi connectivity index (χ3v) is 4.43. The lowest BCUT2D eigenvalue weighted by molar-refractivity contribution is 0.0881. The summed E-state index contributed by atoms with van der Waals surface area (Å²) in [6.45, 7) is 8.03. The molecule has 0 unspecified atom stereocenters. The maximum Gasteiger partial charge on any atom is 0.272 e. The second-order valence-corrected chi connectivity index (χ2v) is 5.25. The summed E-state index contributed by atoms with van der Waals surface area (Å²) in [5.74, 6) is -0.0493. The number of nitrogens with one attached hydrogen (secondary N) is 3. The zero-order chi connectivity index (χ0) is 13.9. The van der Waals surface area contributed by atoms with Crippen LogP contribution in [0.2, 0.25) is 0 Å². The lowest BCUT2D eigenvalue weighted by Crippen LogP contribution is -2.47. The number of hydrogen-bond donors (Lipinski definition) is 3. The highest BCUT2D eigenvalue weighted by Crippen LogP contribution is 2.21. The van der Waals surface area contributed by atoms with Gasteiger partial charge in [0.2, 0.25) is 0 Å². The van der Waals surface area contributed by atoms with Crippen molar-refractivity contribution in [3.05, 3.63) is 17.0 Å². The van der Waals surface area contributed by atoms with E-state index in [9.17, 15) is 4.79 Å². The van der Waals surface area contributed by atoms with Crippen LogP contribution >= 0.6 is 12.4 Å². The molecule has 6 heteroatoms. The Morgan fingerprint density at radius 2 is 1.95 bits per heavy atom. The molecule has 0 spiro atoms. The van der Waals surface area contributed by atoms with Gasteiger partial charge in [-0.2, -0.15) is 5.10 Å². The number of rotatable bonds is 5. The Morgan fingerprint density at radius 3 is 2.55 bits per heavy atom. The third kappa shape index (κ3) is 3.15. The van der Waals surface area contributed by atoms with E-state index in [2.05, 4.69) is 41.6 Å². The molecule has 1 aromatic heterocycles. The maximum atomic E-state index is 12.4. The molecular formula is C14H25ClN4O. The molecule has 3 N–H and O–H groups in total. The van der Waals surface area contributed by atoms with Gasteiger partial charge in [0.25, 0.3) is 5.91 Å². The number of halogens is 1. The van der Waals surface area contributed by atoms with Crippen LogP contribution < -0.4 is 10.6 Å². The summed E-state index contributed by atoms with van der Waals surface area (Å²) in [5, 5.41) is 13.7. The van der Waals surface area contributed by atoms with Crippen molar-refractivity contribution < 1.29 is 4.79 Å². The fraction of sp³-hybridized carbons (Fsp3) is 0.714. The quantitative estimate of drug-likeness (QED) is 0.780. The van der Waals surface area contributed by atoms with Gasteiger partial charge in [-0.15, -0.1) is 12.4 Å². The number of carbonyl (C=O) groups is 1. The first-order valence-electron chi connectivity index (χ1n) is 7.25. The number of carbonyl (C=O) groups excluding carboxylic acids is 1. The molecule has 1 aliphatic rings. The van der Waals surface area contributed by atoms with Gasteiger partial charge in [0, 0.05) is 36.3 Å². The van der Waals surface area contributed by atoms with Crippen molar-refractivity contribution in [2.24, 2.45) is 0 Å². The first-order chi connectivity index (χ1) is 9.15. The average Bonchev–Trinajstić information content (AvgIpc) is 2.89. The molecular weight excluding hydrogens is 276 g/mol. The standard InChI is InChI=1S/C14H24N4O.ClH/c1-4-14(5-2,6-3)16-13(19)12-10-9-15-8-7-11(10)17-18-12;/h15H,4-9H2,1-3H3,(H,16,19)(H,17,18);1H. The van der Waals surface area contributed by atoms with E-state index in [1.54, 1.807) is 0 Å². The molecule has 0 atom stereocenters. The number of fused-ring (bicyclic) bond motifs is 1. The van der Waals surface area contributed by atoms with E-state index in [0.29, 0.717) is 5.69 Å². The Kier molecular flexibility index (Phi) is 6.02. The molecule has 2 rings (SSSR count). The maximum absolute atomic E-state index is 12.4. The van der Waals surface area contributed by atoms with Gasteiger partial charge in [-0.05, 0) is 19.3 Å². The smallest absolute Gasteiger partial charge is 0.272 e. The Morgan fingerprint density at radius 1 is 1.30 bits per heavy atom. The normalized spacial score (nSPS) is 14.3. The van der Waals surface area contributed by atoms with Gasteiger partial charge in [0.1, 0.15) is 0 Å². The lowest BCUT2D eigenvalue weighted by atomic mass is 9.89. The van der Waals surface area contributed by atoms with Gasteiger partial charge in [-0.25, -0.2) is 0 Å². The molecule has 1 aliphatic heterocycles. The van der Waals surface area contributed by atoms with E-state index < -0.39 is 0 Å². The van der Waals surface area contributed by atoms with Crippen LogP contribution in [0.1, 0.15) is 61.8 Å². The second-order valence-electron chi connectivity index (χ2n) is 5.25. The van der Waals surface area contributed by atoms with Crippen molar-refractivity contribution in [1.29, 1.82) is 0 Å². The summed E-state index contributed by atoms with van der Waals surface area (Å²) in [5.41, 5.74) is 2.58. The summed E-state index contributed by atoms with van der Waals surface area (Å²) in [4.78, 5) is 12.4. The Hall–Kier alpha value is -1.07. The van der Waals surface area contributed by atoms with E-state index in [1.165, 1.54) is 0 Å². The van der Waals surface area contributed by atoms with Crippen molar-refractivity contribution in [2.45, 2.75) is 58.5 Å². The average molecular weight is 301 g/mol. The predicted octanol–water partition coefficient (Wildman–Crippen LogP) is 2.18. The molecule has 114 valence electrons. The lowest BCUT2D eigenvalue weighted by Gasteiger charge is -2.31. The van der Waals surface area contributed by atoms with E-state index in [1.807, 2.05) is 0 Å². The molecule has 0 bridgehead atoms. The highest BCUT2D eigenvalue weighted by Gasteiger charge is 2.29. The second kappa shape index (κ2) is 7.09. The highest BCUT2D eigenvalue weighted by molar-refractivity contribution is 5.94. The van der Waals surface area contributed by atoms with Crippen LogP contribution in [0.3, 0.4) is 0 Å². The number of hydrogen-bond acceptors (Lipinski definition) is 3. The van der Waals surface area contributed by atoms with E-state index in [0.717, 1.165) is 50.0 Å². The van der Waals surface area contributed by atoms with Crippen LogP contribution in [-0.4, -0.2) is 28.2 Å². The van der Waals surface area contributed by atoms with Gasteiger partial charge in [-0.1, -0.05) is 20.8 Å². The Balaban J connectivity index is 0.00000200. The summed E-state index contributed by atoms with van der Waals surface area (Å²) in [6, 6.07) is 0. The van der Waals surface area contributed by atoms with Crippen molar-refractivity contribution in [2.75, 3.05) is 6.54 Å². The fourth-order valence-electron chi connectivity index (χ4n) is 2.73. The van der Waals surface area contributed by atoms with Crippen LogP contribution in [0.15, 0.2) is 0 Å². The van der Waals surface area contributed by atoms with Gasteiger partial charge >= 0.3 is 0 Å². The van der Waals surface area contributed by atoms with E-state index in [4.69, 9.17) is 0 Å². The molecule has 0 saturated heterocycles. The molecule has 0 aliphatic carbocycles. The molecule has 20 heavy (non-hydrogen) atoms. The van der Waals surface area contributed by atoms with Gasteiger partial charge < -0.3 is 10.6 Å². The molecule has 2 heterocycles. The molecule has 0 aromatic carbocycles. The summed E-state index contributed by atoms with van der Waals surface area (Å²) in [7, 11) is 0. The number of aromatic amines is 1. The molecule has 1 aromatic rings. The minimum absolute atomic E-state index is 0. The first-order valence-corrected chi connectivity index (χ1v) is 7.25. The van der Waals surface area contributed by atoms with Crippen molar-refractivity contribution in [3.63, 3.8) is 0 Å². The summed E-state index contributed by atoms with van der Waals surface area (Å²) in [6.07, 6.45) is 3.74. The third-order valence-electron chi connectivity index (χ3n) is 4.43. The van der Waals surface area contributed by atoms with Gasteiger partial charge in [-0.3, -0.25) is 9.89 Å². The van der Waals surface area contributed by atoms with E-state index >= 15 is 0 Å². The fourth-order valence-corrected chi connectivity index (χ4v) is 2.73. The summed E-state index contributed by atoms with van der Waals surface area (Å²) < 4.78 is 0. The van der Waals surface area contributed by atoms with Gasteiger partial charge in [0.15, 0.2) is 5.69 Å². The topological polar surface area (TPSA) is 69.8 Å². The van der Waals surface area contributed by atoms with Crippen LogP contribution in [0.5, 0.6) is 0 Å². The molecule has 1 amide bonds. The predicted molar refractivity (Wildman–Crippen MR) is 82.3 cm³/mol. The largest absolute Gasteiger partial charge is 0.345 e. The Labute approximate surface area is 126 Å². The molecule has 0 fully saturated rings. The van der Waals surface area contributed by atoms with Crippen LogP contribution in [0, 0.1) is 0 Å². The number of amides is 1. The summed E-state index contributed by atoms with van der Waals surface area (Å²) >= 11 is 0. The SMILES string of the molecule is CCC(CC)(CC)NC(=O)c1n[nH]c2c1CNCC2.Cl. The van der Waals surface area contributed by atoms with Crippen LogP contribution in [-0.2, 0) is 13.0 Å². The number of nitrogens with zero attached hydrogens (tertiary/aromatic N) is 1. The zero-order valence-corrected chi connectivity index (χ0v) is 13.3. The van der Waals surface area contributed by atoms with Crippen molar-refractivity contribution >= 4 is 18.3 Å². The monoisotopic (exact) mass is 300 g/mol.